The van der Waals surface area contributed by atoms with E-state index in [1.54, 1.807) is 7.11 Å². The largest absolute Gasteiger partial charge is 0.496 e. The van der Waals surface area contributed by atoms with Crippen LogP contribution in [0, 0.1) is 11.3 Å². The average Bonchev–Trinajstić information content (AvgIpc) is 2.38. The standard InChI is InChI=1S/C17H25BrO2/c1-17(2)8-6-12(7-9-17)15(19)11-13-10-14(18)4-5-16(13)20-3/h4-5,10,12,15,19H,6-9,11H2,1-3H3. The fourth-order valence-electron chi connectivity index (χ4n) is 3.11. The zero-order chi connectivity index (χ0) is 14.8. The van der Waals surface area contributed by atoms with Gasteiger partial charge in [0.05, 0.1) is 13.2 Å². The second-order valence-electron chi connectivity index (χ2n) is 6.73. The molecule has 0 spiro atoms. The second kappa shape index (κ2) is 6.48. The number of halogens is 1. The fourth-order valence-corrected chi connectivity index (χ4v) is 3.51. The van der Waals surface area contributed by atoms with Crippen LogP contribution in [0.2, 0.25) is 0 Å². The van der Waals surface area contributed by atoms with E-state index in [2.05, 4.69) is 35.8 Å². The van der Waals surface area contributed by atoms with Crippen LogP contribution in [0.15, 0.2) is 22.7 Å². The van der Waals surface area contributed by atoms with Gasteiger partial charge in [0.25, 0.3) is 0 Å². The molecule has 1 aromatic rings. The van der Waals surface area contributed by atoms with Gasteiger partial charge in [-0.05, 0) is 60.8 Å². The van der Waals surface area contributed by atoms with Crippen molar-refractivity contribution in [2.45, 2.75) is 52.1 Å². The van der Waals surface area contributed by atoms with E-state index < -0.39 is 0 Å². The van der Waals surface area contributed by atoms with Crippen LogP contribution in [0.1, 0.15) is 45.1 Å². The number of hydrogen-bond acceptors (Lipinski definition) is 2. The van der Waals surface area contributed by atoms with Gasteiger partial charge in [0, 0.05) is 10.9 Å². The van der Waals surface area contributed by atoms with Gasteiger partial charge in [0.15, 0.2) is 0 Å². The van der Waals surface area contributed by atoms with E-state index in [4.69, 9.17) is 4.74 Å². The van der Waals surface area contributed by atoms with Gasteiger partial charge in [-0.15, -0.1) is 0 Å². The summed E-state index contributed by atoms with van der Waals surface area (Å²) in [5.74, 6) is 1.29. The lowest BCUT2D eigenvalue weighted by atomic mass is 9.71. The minimum atomic E-state index is -0.269. The van der Waals surface area contributed by atoms with Crippen molar-refractivity contribution >= 4 is 15.9 Å². The molecule has 1 fully saturated rings. The molecule has 1 aliphatic carbocycles. The topological polar surface area (TPSA) is 29.5 Å². The van der Waals surface area contributed by atoms with E-state index in [0.717, 1.165) is 28.6 Å². The molecule has 0 saturated heterocycles. The zero-order valence-corrected chi connectivity index (χ0v) is 14.2. The van der Waals surface area contributed by atoms with Crippen molar-refractivity contribution in [1.29, 1.82) is 0 Å². The first-order valence-electron chi connectivity index (χ1n) is 7.42. The molecule has 1 unspecified atom stereocenters. The van der Waals surface area contributed by atoms with Gasteiger partial charge in [0.1, 0.15) is 5.75 Å². The maximum Gasteiger partial charge on any atom is 0.122 e. The van der Waals surface area contributed by atoms with Crippen LogP contribution in [-0.4, -0.2) is 18.3 Å². The minimum Gasteiger partial charge on any atom is -0.496 e. The van der Waals surface area contributed by atoms with Crippen molar-refractivity contribution in [2.75, 3.05) is 7.11 Å². The highest BCUT2D eigenvalue weighted by Crippen LogP contribution is 2.40. The summed E-state index contributed by atoms with van der Waals surface area (Å²) in [5, 5.41) is 10.5. The van der Waals surface area contributed by atoms with Crippen LogP contribution in [0.25, 0.3) is 0 Å². The molecule has 1 aliphatic rings. The number of aliphatic hydroxyl groups excluding tert-OH is 1. The number of rotatable bonds is 4. The number of ether oxygens (including phenoxy) is 1. The molecule has 2 nitrogen and oxygen atoms in total. The Morgan fingerprint density at radius 1 is 1.35 bits per heavy atom. The van der Waals surface area contributed by atoms with Crippen LogP contribution < -0.4 is 4.74 Å². The smallest absolute Gasteiger partial charge is 0.122 e. The lowest BCUT2D eigenvalue weighted by Crippen LogP contribution is -2.30. The normalized spacial score (nSPS) is 20.6. The Labute approximate surface area is 130 Å². The highest BCUT2D eigenvalue weighted by molar-refractivity contribution is 9.10. The summed E-state index contributed by atoms with van der Waals surface area (Å²) >= 11 is 3.49. The summed E-state index contributed by atoms with van der Waals surface area (Å²) in [7, 11) is 1.68. The van der Waals surface area contributed by atoms with Gasteiger partial charge in [-0.25, -0.2) is 0 Å². The zero-order valence-electron chi connectivity index (χ0n) is 12.7. The number of aliphatic hydroxyl groups is 1. The summed E-state index contributed by atoms with van der Waals surface area (Å²) < 4.78 is 6.42. The first kappa shape index (κ1) is 15.8. The highest BCUT2D eigenvalue weighted by atomic mass is 79.9. The molecule has 0 heterocycles. The molecule has 1 saturated carbocycles. The third-order valence-electron chi connectivity index (χ3n) is 4.60. The number of methoxy groups -OCH3 is 1. The molecule has 0 radical (unpaired) electrons. The number of benzene rings is 1. The first-order chi connectivity index (χ1) is 9.41. The van der Waals surface area contributed by atoms with Gasteiger partial charge in [-0.2, -0.15) is 0 Å². The van der Waals surface area contributed by atoms with Crippen LogP contribution in [0.3, 0.4) is 0 Å². The van der Waals surface area contributed by atoms with Gasteiger partial charge < -0.3 is 9.84 Å². The van der Waals surface area contributed by atoms with E-state index in [1.165, 1.54) is 12.8 Å². The summed E-state index contributed by atoms with van der Waals surface area (Å²) in [6.45, 7) is 4.65. The highest BCUT2D eigenvalue weighted by Gasteiger charge is 2.30. The van der Waals surface area contributed by atoms with Crippen molar-refractivity contribution in [3.05, 3.63) is 28.2 Å². The number of hydrogen-bond donors (Lipinski definition) is 1. The molecule has 0 amide bonds. The lowest BCUT2D eigenvalue weighted by Gasteiger charge is -2.36. The van der Waals surface area contributed by atoms with Gasteiger partial charge >= 0.3 is 0 Å². The fraction of sp³-hybridized carbons (Fsp3) is 0.647. The van der Waals surface area contributed by atoms with Crippen molar-refractivity contribution in [3.63, 3.8) is 0 Å². The quantitative estimate of drug-likeness (QED) is 0.869. The molecule has 0 bridgehead atoms. The molecule has 2 rings (SSSR count). The van der Waals surface area contributed by atoms with E-state index in [1.807, 2.05) is 12.1 Å². The summed E-state index contributed by atoms with van der Waals surface area (Å²) in [6.07, 6.45) is 5.09. The van der Waals surface area contributed by atoms with Gasteiger partial charge in [-0.1, -0.05) is 29.8 Å². The Morgan fingerprint density at radius 2 is 2.00 bits per heavy atom. The maximum atomic E-state index is 10.5. The third-order valence-corrected chi connectivity index (χ3v) is 5.09. The molecule has 112 valence electrons. The van der Waals surface area contributed by atoms with Crippen molar-refractivity contribution in [2.24, 2.45) is 11.3 Å². The molecule has 3 heteroatoms. The maximum absolute atomic E-state index is 10.5. The molecule has 0 aliphatic heterocycles. The van der Waals surface area contributed by atoms with Crippen LogP contribution in [0.4, 0.5) is 0 Å². The second-order valence-corrected chi connectivity index (χ2v) is 7.64. The Balaban J connectivity index is 2.01. The van der Waals surface area contributed by atoms with Crippen LogP contribution >= 0.6 is 15.9 Å². The van der Waals surface area contributed by atoms with E-state index in [-0.39, 0.29) is 6.10 Å². The van der Waals surface area contributed by atoms with E-state index in [0.29, 0.717) is 17.8 Å². The van der Waals surface area contributed by atoms with E-state index in [9.17, 15) is 5.11 Å². The lowest BCUT2D eigenvalue weighted by molar-refractivity contribution is 0.0572. The molecule has 1 atom stereocenters. The van der Waals surface area contributed by atoms with Crippen molar-refractivity contribution in [1.82, 2.24) is 0 Å². The Morgan fingerprint density at radius 3 is 2.60 bits per heavy atom. The molecule has 1 N–H and O–H groups in total. The van der Waals surface area contributed by atoms with Crippen molar-refractivity contribution < 1.29 is 9.84 Å². The minimum absolute atomic E-state index is 0.269. The molecule has 20 heavy (non-hydrogen) atoms. The summed E-state index contributed by atoms with van der Waals surface area (Å²) in [5.41, 5.74) is 1.53. The van der Waals surface area contributed by atoms with Crippen molar-refractivity contribution in [3.8, 4) is 5.75 Å². The molecular weight excluding hydrogens is 316 g/mol. The van der Waals surface area contributed by atoms with Gasteiger partial charge in [-0.3, -0.25) is 0 Å². The average molecular weight is 341 g/mol. The Hall–Kier alpha value is -0.540. The predicted octanol–water partition coefficient (Wildman–Crippen LogP) is 4.58. The Kier molecular flexibility index (Phi) is 5.14. The molecule has 0 aromatic heterocycles. The SMILES string of the molecule is COc1ccc(Br)cc1CC(O)C1CCC(C)(C)CC1. The molecular formula is C17H25BrO2. The third kappa shape index (κ3) is 3.98. The van der Waals surface area contributed by atoms with Crippen LogP contribution in [0.5, 0.6) is 5.75 Å². The monoisotopic (exact) mass is 340 g/mol. The van der Waals surface area contributed by atoms with E-state index >= 15 is 0 Å². The summed E-state index contributed by atoms with van der Waals surface area (Å²) in [4.78, 5) is 0. The Bertz CT molecular complexity index is 446. The first-order valence-corrected chi connectivity index (χ1v) is 8.21. The van der Waals surface area contributed by atoms with Crippen LogP contribution in [-0.2, 0) is 6.42 Å². The molecule has 1 aromatic carbocycles. The predicted molar refractivity (Wildman–Crippen MR) is 86.1 cm³/mol. The summed E-state index contributed by atoms with van der Waals surface area (Å²) in [6, 6.07) is 5.97. The van der Waals surface area contributed by atoms with Gasteiger partial charge in [0.2, 0.25) is 0 Å².